The quantitative estimate of drug-likeness (QED) is 0.793. The monoisotopic (exact) mass is 256 g/mol. The van der Waals surface area contributed by atoms with E-state index in [1.165, 1.54) is 24.8 Å². The van der Waals surface area contributed by atoms with Crippen molar-refractivity contribution >= 4 is 15.9 Å². The summed E-state index contributed by atoms with van der Waals surface area (Å²) in [5, 5.41) is 9.26. The minimum atomic E-state index is 0.369. The van der Waals surface area contributed by atoms with E-state index in [0.717, 1.165) is 6.42 Å². The van der Waals surface area contributed by atoms with E-state index in [-0.39, 0.29) is 0 Å². The number of alkyl halides is 1. The lowest BCUT2D eigenvalue weighted by atomic mass is 10.1. The number of hydrogen-bond acceptors (Lipinski definition) is 1. The fourth-order valence-electron chi connectivity index (χ4n) is 1.44. The highest BCUT2D eigenvalue weighted by Crippen LogP contribution is 2.16. The molecule has 0 heterocycles. The predicted molar refractivity (Wildman–Crippen MR) is 64.1 cm³/mol. The first kappa shape index (κ1) is 11.6. The van der Waals surface area contributed by atoms with Gasteiger partial charge in [0.2, 0.25) is 0 Å². The molecule has 14 heavy (non-hydrogen) atoms. The summed E-state index contributed by atoms with van der Waals surface area (Å²) in [6.07, 6.45) is 4.61. The van der Waals surface area contributed by atoms with Gasteiger partial charge in [0.1, 0.15) is 5.75 Å². The molecule has 1 aromatic rings. The Bertz CT molecular complexity index is 273. The van der Waals surface area contributed by atoms with Gasteiger partial charge in [-0.25, -0.2) is 0 Å². The maximum Gasteiger partial charge on any atom is 0.115 e. The average Bonchev–Trinajstić information content (AvgIpc) is 2.17. The Balaban J connectivity index is 2.31. The number of halogens is 1. The number of hydrogen-bond donors (Lipinski definition) is 1. The number of aromatic hydroxyl groups is 1. The van der Waals surface area contributed by atoms with Gasteiger partial charge in [0.15, 0.2) is 0 Å². The molecule has 1 nitrogen and oxygen atoms in total. The summed E-state index contributed by atoms with van der Waals surface area (Å²) in [5.74, 6) is 0.369. The van der Waals surface area contributed by atoms with Gasteiger partial charge in [-0.2, -0.15) is 0 Å². The topological polar surface area (TPSA) is 20.2 Å². The van der Waals surface area contributed by atoms with Gasteiger partial charge in [-0.3, -0.25) is 0 Å². The maximum absolute atomic E-state index is 9.26. The van der Waals surface area contributed by atoms with Gasteiger partial charge in [-0.15, -0.1) is 0 Å². The molecule has 1 atom stereocenters. The molecule has 0 saturated heterocycles. The molecule has 0 fully saturated rings. The van der Waals surface area contributed by atoms with Crippen molar-refractivity contribution in [2.75, 3.05) is 0 Å². The Labute approximate surface area is 94.3 Å². The average molecular weight is 257 g/mol. The van der Waals surface area contributed by atoms with Crippen molar-refractivity contribution in [3.63, 3.8) is 0 Å². The summed E-state index contributed by atoms with van der Waals surface area (Å²) >= 11 is 3.62. The number of rotatable bonds is 5. The van der Waals surface area contributed by atoms with Gasteiger partial charge in [0.05, 0.1) is 0 Å². The Morgan fingerprint density at radius 2 is 2.21 bits per heavy atom. The number of aryl methyl sites for hydroxylation is 1. The maximum atomic E-state index is 9.26. The first-order valence-electron chi connectivity index (χ1n) is 5.14. The van der Waals surface area contributed by atoms with E-state index in [0.29, 0.717) is 10.6 Å². The minimum Gasteiger partial charge on any atom is -0.508 e. The van der Waals surface area contributed by atoms with Crippen molar-refractivity contribution < 1.29 is 5.11 Å². The third kappa shape index (κ3) is 4.14. The lowest BCUT2D eigenvalue weighted by Crippen LogP contribution is -1.96. The van der Waals surface area contributed by atoms with E-state index in [1.54, 1.807) is 6.07 Å². The van der Waals surface area contributed by atoms with Crippen molar-refractivity contribution in [2.24, 2.45) is 0 Å². The third-order valence-electron chi connectivity index (χ3n) is 2.34. The fraction of sp³-hybridized carbons (Fsp3) is 0.500. The van der Waals surface area contributed by atoms with E-state index in [1.807, 2.05) is 12.1 Å². The van der Waals surface area contributed by atoms with Crippen molar-refractivity contribution in [2.45, 2.75) is 37.4 Å². The zero-order chi connectivity index (χ0) is 10.4. The van der Waals surface area contributed by atoms with E-state index >= 15 is 0 Å². The molecular weight excluding hydrogens is 240 g/mol. The minimum absolute atomic E-state index is 0.369. The van der Waals surface area contributed by atoms with Gasteiger partial charge in [0, 0.05) is 4.83 Å². The lowest BCUT2D eigenvalue weighted by molar-refractivity contribution is 0.474. The zero-order valence-electron chi connectivity index (χ0n) is 8.54. The van der Waals surface area contributed by atoms with Crippen LogP contribution in [0, 0.1) is 0 Å². The van der Waals surface area contributed by atoms with Crippen LogP contribution in [0.1, 0.15) is 31.7 Å². The molecule has 0 aliphatic rings. The second kappa shape index (κ2) is 6.07. The molecule has 1 rings (SSSR count). The van der Waals surface area contributed by atoms with E-state index in [4.69, 9.17) is 0 Å². The fourth-order valence-corrected chi connectivity index (χ4v) is 1.77. The van der Waals surface area contributed by atoms with Crippen LogP contribution in [0.2, 0.25) is 0 Å². The highest BCUT2D eigenvalue weighted by molar-refractivity contribution is 9.09. The number of phenolic OH excluding ortho intramolecular Hbond substituents is 1. The SMILES string of the molecule is CCC(Br)CCCc1cccc(O)c1. The summed E-state index contributed by atoms with van der Waals surface area (Å²) in [6, 6.07) is 7.52. The van der Waals surface area contributed by atoms with Crippen LogP contribution >= 0.6 is 15.9 Å². The zero-order valence-corrected chi connectivity index (χ0v) is 10.1. The van der Waals surface area contributed by atoms with Crippen LogP contribution in [0.5, 0.6) is 5.75 Å². The van der Waals surface area contributed by atoms with Crippen molar-refractivity contribution in [3.05, 3.63) is 29.8 Å². The third-order valence-corrected chi connectivity index (χ3v) is 3.44. The molecule has 1 aromatic carbocycles. The molecule has 0 saturated carbocycles. The van der Waals surface area contributed by atoms with Crippen LogP contribution in [0.3, 0.4) is 0 Å². The van der Waals surface area contributed by atoms with E-state index in [2.05, 4.69) is 28.9 Å². The van der Waals surface area contributed by atoms with Gasteiger partial charge in [-0.1, -0.05) is 35.0 Å². The molecule has 78 valence electrons. The van der Waals surface area contributed by atoms with Crippen LogP contribution in [0.25, 0.3) is 0 Å². The molecule has 0 aliphatic heterocycles. The predicted octanol–water partition coefficient (Wildman–Crippen LogP) is 3.89. The summed E-state index contributed by atoms with van der Waals surface area (Å²) in [4.78, 5) is 0.639. The standard InChI is InChI=1S/C12H17BrO/c1-2-11(13)7-3-5-10-6-4-8-12(14)9-10/h4,6,8-9,11,14H,2-3,5,7H2,1H3. The first-order valence-corrected chi connectivity index (χ1v) is 6.06. The van der Waals surface area contributed by atoms with Gasteiger partial charge < -0.3 is 5.11 Å². The molecule has 0 spiro atoms. The second-order valence-electron chi connectivity index (χ2n) is 3.57. The second-order valence-corrected chi connectivity index (χ2v) is 4.86. The highest BCUT2D eigenvalue weighted by Gasteiger charge is 2.01. The highest BCUT2D eigenvalue weighted by atomic mass is 79.9. The molecular formula is C12H17BrO. The van der Waals surface area contributed by atoms with Crippen LogP contribution in [0.4, 0.5) is 0 Å². The smallest absolute Gasteiger partial charge is 0.115 e. The summed E-state index contributed by atoms with van der Waals surface area (Å²) in [6.45, 7) is 2.19. The summed E-state index contributed by atoms with van der Waals surface area (Å²) in [5.41, 5.74) is 1.22. The molecule has 0 bridgehead atoms. The van der Waals surface area contributed by atoms with E-state index in [9.17, 15) is 5.11 Å². The van der Waals surface area contributed by atoms with E-state index < -0.39 is 0 Å². The summed E-state index contributed by atoms with van der Waals surface area (Å²) < 4.78 is 0. The molecule has 2 heteroatoms. The Morgan fingerprint density at radius 3 is 2.86 bits per heavy atom. The van der Waals surface area contributed by atoms with Crippen LogP contribution in [-0.4, -0.2) is 9.93 Å². The lowest BCUT2D eigenvalue weighted by Gasteiger charge is -2.06. The van der Waals surface area contributed by atoms with Crippen molar-refractivity contribution in [3.8, 4) is 5.75 Å². The van der Waals surface area contributed by atoms with Gasteiger partial charge in [0.25, 0.3) is 0 Å². The van der Waals surface area contributed by atoms with Crippen molar-refractivity contribution in [1.29, 1.82) is 0 Å². The molecule has 0 radical (unpaired) electrons. The Kier molecular flexibility index (Phi) is 5.02. The van der Waals surface area contributed by atoms with Crippen LogP contribution < -0.4 is 0 Å². The van der Waals surface area contributed by atoms with Gasteiger partial charge in [-0.05, 0) is 43.4 Å². The molecule has 1 N–H and O–H groups in total. The van der Waals surface area contributed by atoms with Crippen LogP contribution in [0.15, 0.2) is 24.3 Å². The molecule has 0 aromatic heterocycles. The Hall–Kier alpha value is -0.500. The Morgan fingerprint density at radius 1 is 1.43 bits per heavy atom. The normalized spacial score (nSPS) is 12.7. The summed E-state index contributed by atoms with van der Waals surface area (Å²) in [7, 11) is 0. The molecule has 0 aliphatic carbocycles. The molecule has 0 amide bonds. The van der Waals surface area contributed by atoms with Crippen LogP contribution in [-0.2, 0) is 6.42 Å². The largest absolute Gasteiger partial charge is 0.508 e. The first-order chi connectivity index (χ1) is 6.72. The van der Waals surface area contributed by atoms with Crippen molar-refractivity contribution in [1.82, 2.24) is 0 Å². The molecule has 1 unspecified atom stereocenters. The number of phenols is 1. The van der Waals surface area contributed by atoms with Gasteiger partial charge >= 0.3 is 0 Å². The number of benzene rings is 1.